The van der Waals surface area contributed by atoms with E-state index in [0.717, 1.165) is 29.3 Å². The van der Waals surface area contributed by atoms with Crippen LogP contribution >= 0.6 is 45.8 Å². The number of amides is 2. The standard InChI is InChI=1S/C23H25Cl2IN2O3/c1-15(23(30)27-19-4-2-3-5-19)28(13-16-6-7-17(24)12-21(16)25)22(29)14-31-20-10-8-18(26)9-11-20/h6-12,15,19H,2-5,13-14H2,1H3,(H,27,30). The second-order valence-electron chi connectivity index (χ2n) is 7.67. The van der Waals surface area contributed by atoms with E-state index in [1.807, 2.05) is 24.3 Å². The molecule has 1 unspecified atom stereocenters. The van der Waals surface area contributed by atoms with Gasteiger partial charge in [-0.2, -0.15) is 0 Å². The lowest BCUT2D eigenvalue weighted by Gasteiger charge is -2.30. The van der Waals surface area contributed by atoms with Gasteiger partial charge < -0.3 is 15.0 Å². The van der Waals surface area contributed by atoms with Gasteiger partial charge in [0.25, 0.3) is 5.91 Å². The molecule has 0 aliphatic heterocycles. The summed E-state index contributed by atoms with van der Waals surface area (Å²) in [6, 6.07) is 12.1. The topological polar surface area (TPSA) is 58.6 Å². The Hall–Kier alpha value is -1.51. The van der Waals surface area contributed by atoms with E-state index >= 15 is 0 Å². The number of nitrogens with one attached hydrogen (secondary N) is 1. The highest BCUT2D eigenvalue weighted by Gasteiger charge is 2.29. The molecule has 1 atom stereocenters. The number of hydrogen-bond donors (Lipinski definition) is 1. The van der Waals surface area contributed by atoms with Crippen molar-refractivity contribution in [1.82, 2.24) is 10.2 Å². The van der Waals surface area contributed by atoms with E-state index in [4.69, 9.17) is 27.9 Å². The predicted molar refractivity (Wildman–Crippen MR) is 132 cm³/mol. The number of halogens is 3. The van der Waals surface area contributed by atoms with Gasteiger partial charge in [-0.25, -0.2) is 0 Å². The molecule has 1 saturated carbocycles. The van der Waals surface area contributed by atoms with Crippen LogP contribution in [0.3, 0.4) is 0 Å². The van der Waals surface area contributed by atoms with Crippen LogP contribution in [-0.4, -0.2) is 35.4 Å². The third-order valence-corrected chi connectivity index (χ3v) is 6.71. The highest BCUT2D eigenvalue weighted by Crippen LogP contribution is 2.24. The molecule has 1 fully saturated rings. The number of carbonyl (C=O) groups is 2. The van der Waals surface area contributed by atoms with Gasteiger partial charge in [0.2, 0.25) is 5.91 Å². The van der Waals surface area contributed by atoms with Crippen molar-refractivity contribution in [2.45, 2.75) is 51.2 Å². The zero-order valence-corrected chi connectivity index (χ0v) is 20.9. The lowest BCUT2D eigenvalue weighted by atomic mass is 10.1. The van der Waals surface area contributed by atoms with Gasteiger partial charge in [-0.3, -0.25) is 9.59 Å². The Morgan fingerprint density at radius 1 is 1.16 bits per heavy atom. The highest BCUT2D eigenvalue weighted by atomic mass is 127. The van der Waals surface area contributed by atoms with Gasteiger partial charge in [-0.05, 0) is 84.3 Å². The summed E-state index contributed by atoms with van der Waals surface area (Å²) >= 11 is 14.5. The first-order chi connectivity index (χ1) is 14.8. The predicted octanol–water partition coefficient (Wildman–Crippen LogP) is 5.45. The Kier molecular flexibility index (Phi) is 8.86. The summed E-state index contributed by atoms with van der Waals surface area (Å²) in [5, 5.41) is 4.04. The molecule has 166 valence electrons. The summed E-state index contributed by atoms with van der Waals surface area (Å²) < 4.78 is 6.75. The minimum Gasteiger partial charge on any atom is -0.484 e. The molecule has 0 spiro atoms. The number of hydrogen-bond acceptors (Lipinski definition) is 3. The van der Waals surface area contributed by atoms with Gasteiger partial charge in [-0.15, -0.1) is 0 Å². The maximum absolute atomic E-state index is 13.1. The van der Waals surface area contributed by atoms with Crippen molar-refractivity contribution in [1.29, 1.82) is 0 Å². The van der Waals surface area contributed by atoms with Crippen LogP contribution in [0.5, 0.6) is 5.75 Å². The van der Waals surface area contributed by atoms with Crippen LogP contribution in [0.2, 0.25) is 10.0 Å². The fourth-order valence-corrected chi connectivity index (χ4v) is 4.39. The first-order valence-electron chi connectivity index (χ1n) is 10.3. The third-order valence-electron chi connectivity index (χ3n) is 5.40. The Morgan fingerprint density at radius 2 is 1.84 bits per heavy atom. The van der Waals surface area contributed by atoms with Crippen molar-refractivity contribution in [3.05, 3.63) is 61.6 Å². The van der Waals surface area contributed by atoms with Gasteiger partial charge in [0.05, 0.1) is 0 Å². The summed E-state index contributed by atoms with van der Waals surface area (Å²) in [6.07, 6.45) is 4.19. The Bertz CT molecular complexity index is 918. The van der Waals surface area contributed by atoms with Gasteiger partial charge in [0, 0.05) is 26.2 Å². The minimum absolute atomic E-state index is 0.167. The van der Waals surface area contributed by atoms with E-state index in [1.165, 1.54) is 4.90 Å². The molecule has 2 amide bonds. The fourth-order valence-electron chi connectivity index (χ4n) is 3.57. The number of benzene rings is 2. The largest absolute Gasteiger partial charge is 0.484 e. The molecular weight excluding hydrogens is 550 g/mol. The quantitative estimate of drug-likeness (QED) is 0.426. The monoisotopic (exact) mass is 574 g/mol. The zero-order valence-electron chi connectivity index (χ0n) is 17.2. The average molecular weight is 575 g/mol. The van der Waals surface area contributed by atoms with E-state index in [9.17, 15) is 9.59 Å². The van der Waals surface area contributed by atoms with Crippen molar-refractivity contribution in [2.24, 2.45) is 0 Å². The Labute approximate surface area is 206 Å². The van der Waals surface area contributed by atoms with Crippen LogP contribution in [0.4, 0.5) is 0 Å². The van der Waals surface area contributed by atoms with Crippen molar-refractivity contribution in [2.75, 3.05) is 6.61 Å². The molecule has 0 saturated heterocycles. The first-order valence-corrected chi connectivity index (χ1v) is 12.1. The molecule has 2 aromatic rings. The molecule has 5 nitrogen and oxygen atoms in total. The lowest BCUT2D eigenvalue weighted by Crippen LogP contribution is -2.50. The SMILES string of the molecule is CC(C(=O)NC1CCCC1)N(Cc1ccc(Cl)cc1Cl)C(=O)COc1ccc(I)cc1. The van der Waals surface area contributed by atoms with E-state index < -0.39 is 6.04 Å². The van der Waals surface area contributed by atoms with E-state index in [1.54, 1.807) is 25.1 Å². The molecule has 3 rings (SSSR count). The number of rotatable bonds is 8. The molecule has 0 heterocycles. The molecule has 2 aromatic carbocycles. The van der Waals surface area contributed by atoms with Gasteiger partial charge in [-0.1, -0.05) is 42.1 Å². The van der Waals surface area contributed by atoms with Crippen LogP contribution in [0.15, 0.2) is 42.5 Å². The molecule has 1 aliphatic rings. The van der Waals surface area contributed by atoms with E-state index in [0.29, 0.717) is 21.4 Å². The summed E-state index contributed by atoms with van der Waals surface area (Å²) in [7, 11) is 0. The molecule has 0 bridgehead atoms. The zero-order chi connectivity index (χ0) is 22.4. The summed E-state index contributed by atoms with van der Waals surface area (Å²) in [6.45, 7) is 1.74. The summed E-state index contributed by atoms with van der Waals surface area (Å²) in [5.41, 5.74) is 0.717. The van der Waals surface area contributed by atoms with Gasteiger partial charge in [0.15, 0.2) is 6.61 Å². The van der Waals surface area contributed by atoms with Crippen LogP contribution in [0, 0.1) is 3.57 Å². The van der Waals surface area contributed by atoms with E-state index in [2.05, 4.69) is 27.9 Å². The van der Waals surface area contributed by atoms with Crippen molar-refractivity contribution in [3.63, 3.8) is 0 Å². The molecule has 1 aliphatic carbocycles. The first kappa shape index (κ1) is 24.1. The minimum atomic E-state index is -0.667. The fraction of sp³-hybridized carbons (Fsp3) is 0.391. The smallest absolute Gasteiger partial charge is 0.261 e. The normalized spacial score (nSPS) is 14.8. The van der Waals surface area contributed by atoms with Crippen molar-refractivity contribution in [3.8, 4) is 5.75 Å². The lowest BCUT2D eigenvalue weighted by molar-refractivity contribution is -0.142. The van der Waals surface area contributed by atoms with Crippen molar-refractivity contribution < 1.29 is 14.3 Å². The van der Waals surface area contributed by atoms with Crippen LogP contribution in [0.25, 0.3) is 0 Å². The molecular formula is C23H25Cl2IN2O3. The molecule has 31 heavy (non-hydrogen) atoms. The summed E-state index contributed by atoms with van der Waals surface area (Å²) in [4.78, 5) is 27.5. The van der Waals surface area contributed by atoms with Crippen LogP contribution in [-0.2, 0) is 16.1 Å². The Morgan fingerprint density at radius 3 is 2.48 bits per heavy atom. The van der Waals surface area contributed by atoms with E-state index in [-0.39, 0.29) is 31.0 Å². The maximum atomic E-state index is 13.1. The average Bonchev–Trinajstić information content (AvgIpc) is 3.25. The second kappa shape index (κ2) is 11.4. The van der Waals surface area contributed by atoms with Crippen LogP contribution < -0.4 is 10.1 Å². The molecule has 0 aromatic heterocycles. The third kappa shape index (κ3) is 6.99. The second-order valence-corrected chi connectivity index (χ2v) is 9.76. The number of carbonyl (C=O) groups excluding carboxylic acids is 2. The molecule has 0 radical (unpaired) electrons. The number of nitrogens with zero attached hydrogens (tertiary/aromatic N) is 1. The highest BCUT2D eigenvalue weighted by molar-refractivity contribution is 14.1. The van der Waals surface area contributed by atoms with Gasteiger partial charge in [0.1, 0.15) is 11.8 Å². The molecule has 8 heteroatoms. The number of ether oxygens (including phenoxy) is 1. The molecule has 1 N–H and O–H groups in total. The Balaban J connectivity index is 1.73. The van der Waals surface area contributed by atoms with Gasteiger partial charge >= 0.3 is 0 Å². The van der Waals surface area contributed by atoms with Crippen LogP contribution in [0.1, 0.15) is 38.2 Å². The van der Waals surface area contributed by atoms with Crippen molar-refractivity contribution >= 4 is 57.6 Å². The maximum Gasteiger partial charge on any atom is 0.261 e. The summed E-state index contributed by atoms with van der Waals surface area (Å²) in [5.74, 6) is 0.138.